The highest BCUT2D eigenvalue weighted by molar-refractivity contribution is 6.32. The monoisotopic (exact) mass is 427 g/mol. The van der Waals surface area contributed by atoms with E-state index in [-0.39, 0.29) is 17.6 Å². The van der Waals surface area contributed by atoms with Crippen molar-refractivity contribution in [1.29, 1.82) is 0 Å². The number of hydrogen-bond acceptors (Lipinski definition) is 5. The Morgan fingerprint density at radius 3 is 2.75 bits per heavy atom. The van der Waals surface area contributed by atoms with Crippen LogP contribution >= 0.6 is 0 Å². The summed E-state index contributed by atoms with van der Waals surface area (Å²) >= 11 is 0. The van der Waals surface area contributed by atoms with Crippen LogP contribution in [-0.4, -0.2) is 57.9 Å². The van der Waals surface area contributed by atoms with Gasteiger partial charge in [-0.2, -0.15) is 4.98 Å². The van der Waals surface area contributed by atoms with Crippen molar-refractivity contribution in [2.45, 2.75) is 38.3 Å². The van der Waals surface area contributed by atoms with E-state index in [0.717, 1.165) is 24.2 Å². The number of carbonyl (C=O) groups excluding carboxylic acids is 1. The molecule has 2 aromatic heterocycles. The first-order valence-electron chi connectivity index (χ1n) is 10.9. The fourth-order valence-corrected chi connectivity index (χ4v) is 4.27. The highest BCUT2D eigenvalue weighted by Gasteiger charge is 2.47. The van der Waals surface area contributed by atoms with E-state index in [9.17, 15) is 4.79 Å². The lowest BCUT2D eigenvalue weighted by atomic mass is 9.96. The number of likely N-dealkylation sites (N-methyl/N-ethyl adjacent to an activating group) is 1. The molecule has 1 saturated carbocycles. The lowest BCUT2D eigenvalue weighted by molar-refractivity contribution is 0.229. The predicted molar refractivity (Wildman–Crippen MR) is 125 cm³/mol. The summed E-state index contributed by atoms with van der Waals surface area (Å²) in [6.45, 7) is 4.94. The standard InChI is InChI=1S/C23H26BN7O/c1-15(2)18-12-29(3)22(32)31(18)20-7-10-25-21(27-20)28-23(8-9-23)19-13-30(14-26-19)17-6-4-5-16(24)11-17/h4-7,10-11,13-15,18H,8-9,12H2,1-3H3,(H,25,27,28)/t18-/m1/s1. The molecule has 32 heavy (non-hydrogen) atoms. The van der Waals surface area contributed by atoms with Crippen molar-refractivity contribution < 1.29 is 4.79 Å². The van der Waals surface area contributed by atoms with Crippen molar-refractivity contribution in [2.75, 3.05) is 23.8 Å². The average molecular weight is 427 g/mol. The molecule has 162 valence electrons. The second-order valence-corrected chi connectivity index (χ2v) is 9.05. The van der Waals surface area contributed by atoms with Gasteiger partial charge in [-0.1, -0.05) is 31.4 Å². The summed E-state index contributed by atoms with van der Waals surface area (Å²) in [7, 11) is 7.75. The van der Waals surface area contributed by atoms with Gasteiger partial charge in [0.1, 0.15) is 13.7 Å². The van der Waals surface area contributed by atoms with Crippen molar-refractivity contribution in [2.24, 2.45) is 5.92 Å². The van der Waals surface area contributed by atoms with Gasteiger partial charge in [0, 0.05) is 31.7 Å². The number of nitrogens with one attached hydrogen (secondary N) is 1. The van der Waals surface area contributed by atoms with Crippen LogP contribution in [0.5, 0.6) is 0 Å². The van der Waals surface area contributed by atoms with Gasteiger partial charge in [-0.3, -0.25) is 4.90 Å². The number of urea groups is 1. The summed E-state index contributed by atoms with van der Waals surface area (Å²) in [5.74, 6) is 1.45. The fourth-order valence-electron chi connectivity index (χ4n) is 4.27. The van der Waals surface area contributed by atoms with Gasteiger partial charge < -0.3 is 14.8 Å². The minimum Gasteiger partial charge on any atom is -0.343 e. The number of amides is 2. The Balaban J connectivity index is 1.39. The molecule has 0 spiro atoms. The van der Waals surface area contributed by atoms with Gasteiger partial charge in [0.25, 0.3) is 0 Å². The molecule has 1 atom stereocenters. The zero-order valence-corrected chi connectivity index (χ0v) is 18.6. The highest BCUT2D eigenvalue weighted by Crippen LogP contribution is 2.47. The van der Waals surface area contributed by atoms with E-state index in [2.05, 4.69) is 29.1 Å². The number of benzene rings is 1. The third-order valence-electron chi connectivity index (χ3n) is 6.32. The molecule has 2 amide bonds. The number of carbonyl (C=O) groups is 1. The van der Waals surface area contributed by atoms with Crippen molar-refractivity contribution in [3.05, 3.63) is 54.7 Å². The Morgan fingerprint density at radius 2 is 2.03 bits per heavy atom. The van der Waals surface area contributed by atoms with Crippen LogP contribution in [0, 0.1) is 5.92 Å². The maximum atomic E-state index is 12.8. The van der Waals surface area contributed by atoms with Crippen LogP contribution < -0.4 is 15.7 Å². The molecular weight excluding hydrogens is 401 g/mol. The number of rotatable bonds is 6. The van der Waals surface area contributed by atoms with Crippen LogP contribution in [-0.2, 0) is 5.54 Å². The summed E-state index contributed by atoms with van der Waals surface area (Å²) in [6, 6.07) is 9.55. The third-order valence-corrected chi connectivity index (χ3v) is 6.32. The van der Waals surface area contributed by atoms with Gasteiger partial charge in [0.2, 0.25) is 5.95 Å². The largest absolute Gasteiger partial charge is 0.343 e. The van der Waals surface area contributed by atoms with Crippen molar-refractivity contribution in [1.82, 2.24) is 24.4 Å². The smallest absolute Gasteiger partial charge is 0.325 e. The minimum atomic E-state index is -0.298. The molecule has 3 aromatic rings. The van der Waals surface area contributed by atoms with E-state index >= 15 is 0 Å². The molecule has 3 heterocycles. The molecule has 1 aliphatic carbocycles. The molecule has 1 aliphatic heterocycles. The lowest BCUT2D eigenvalue weighted by Crippen LogP contribution is -2.38. The first-order chi connectivity index (χ1) is 15.4. The number of anilines is 2. The third kappa shape index (κ3) is 3.61. The Bertz CT molecular complexity index is 1160. The van der Waals surface area contributed by atoms with E-state index < -0.39 is 0 Å². The summed E-state index contributed by atoms with van der Waals surface area (Å²) in [5.41, 5.74) is 2.32. The Hall–Kier alpha value is -3.36. The van der Waals surface area contributed by atoms with Gasteiger partial charge in [-0.05, 0) is 37.0 Å². The van der Waals surface area contributed by atoms with Gasteiger partial charge in [0.15, 0.2) is 0 Å². The molecule has 2 radical (unpaired) electrons. The number of hydrogen-bond donors (Lipinski definition) is 1. The Labute approximate surface area is 189 Å². The van der Waals surface area contributed by atoms with Crippen molar-refractivity contribution in [3.63, 3.8) is 0 Å². The average Bonchev–Trinajstić information content (AvgIpc) is 3.24. The van der Waals surface area contributed by atoms with E-state index in [4.69, 9.17) is 12.8 Å². The van der Waals surface area contributed by atoms with Crippen molar-refractivity contribution in [3.8, 4) is 5.69 Å². The second-order valence-electron chi connectivity index (χ2n) is 9.05. The maximum absolute atomic E-state index is 12.8. The van der Waals surface area contributed by atoms with Gasteiger partial charge in [-0.15, -0.1) is 0 Å². The normalized spacial score (nSPS) is 19.6. The fraction of sp³-hybridized carbons (Fsp3) is 0.391. The predicted octanol–water partition coefficient (Wildman–Crippen LogP) is 2.45. The van der Waals surface area contributed by atoms with E-state index in [1.54, 1.807) is 28.4 Å². The number of aromatic nitrogens is 4. The van der Waals surface area contributed by atoms with Gasteiger partial charge in [-0.25, -0.2) is 14.8 Å². The topological polar surface area (TPSA) is 79.2 Å². The molecule has 9 heteroatoms. The second kappa shape index (κ2) is 7.65. The van der Waals surface area contributed by atoms with E-state index in [1.165, 1.54) is 0 Å². The van der Waals surface area contributed by atoms with Crippen LogP contribution in [0.15, 0.2) is 49.1 Å². The molecular formula is C23H26BN7O. The first-order valence-corrected chi connectivity index (χ1v) is 10.9. The van der Waals surface area contributed by atoms with Crippen LogP contribution in [0.1, 0.15) is 32.4 Å². The molecule has 2 fully saturated rings. The lowest BCUT2D eigenvalue weighted by Gasteiger charge is -2.25. The summed E-state index contributed by atoms with van der Waals surface area (Å²) in [6.07, 6.45) is 7.40. The van der Waals surface area contributed by atoms with E-state index in [1.807, 2.05) is 42.1 Å². The molecule has 2 aliphatic rings. The van der Waals surface area contributed by atoms with Crippen LogP contribution in [0.25, 0.3) is 5.69 Å². The molecule has 8 nitrogen and oxygen atoms in total. The van der Waals surface area contributed by atoms with Crippen LogP contribution in [0.3, 0.4) is 0 Å². The molecule has 0 unspecified atom stereocenters. The van der Waals surface area contributed by atoms with Crippen LogP contribution in [0.2, 0.25) is 0 Å². The zero-order chi connectivity index (χ0) is 22.5. The summed E-state index contributed by atoms with van der Waals surface area (Å²) < 4.78 is 1.97. The Kier molecular flexibility index (Phi) is 4.91. The molecule has 0 bridgehead atoms. The maximum Gasteiger partial charge on any atom is 0.325 e. The first kappa shape index (κ1) is 20.5. The van der Waals surface area contributed by atoms with Gasteiger partial charge >= 0.3 is 6.03 Å². The Morgan fingerprint density at radius 1 is 1.22 bits per heavy atom. The van der Waals surface area contributed by atoms with Gasteiger partial charge in [0.05, 0.1) is 23.6 Å². The van der Waals surface area contributed by atoms with Crippen molar-refractivity contribution >= 4 is 31.1 Å². The number of nitrogens with zero attached hydrogens (tertiary/aromatic N) is 6. The summed E-state index contributed by atoms with van der Waals surface area (Å²) in [4.78, 5) is 30.1. The molecule has 5 rings (SSSR count). The number of imidazole rings is 1. The minimum absolute atomic E-state index is 0.0321. The highest BCUT2D eigenvalue weighted by atomic mass is 16.2. The zero-order valence-electron chi connectivity index (χ0n) is 18.6. The molecule has 1 aromatic carbocycles. The quantitative estimate of drug-likeness (QED) is 0.612. The molecule has 1 saturated heterocycles. The summed E-state index contributed by atoms with van der Waals surface area (Å²) in [5, 5.41) is 3.48. The molecule has 1 N–H and O–H groups in total. The SMILES string of the molecule is [B]c1cccc(-n2cnc(C3(Nc4nccc(N5C(=O)N(C)C[C@@H]5C(C)C)n4)CC3)c2)c1. The van der Waals surface area contributed by atoms with Crippen LogP contribution in [0.4, 0.5) is 16.6 Å². The van der Waals surface area contributed by atoms with E-state index in [0.29, 0.717) is 29.7 Å².